The molecule has 0 spiro atoms. The van der Waals surface area contributed by atoms with Crippen LogP contribution >= 0.6 is 0 Å². The summed E-state index contributed by atoms with van der Waals surface area (Å²) < 4.78 is 13.5. The number of imidazole rings is 1. The van der Waals surface area contributed by atoms with Gasteiger partial charge in [0.25, 0.3) is 0 Å². The van der Waals surface area contributed by atoms with E-state index in [9.17, 15) is 0 Å². The summed E-state index contributed by atoms with van der Waals surface area (Å²) in [4.78, 5) is 4.05. The van der Waals surface area contributed by atoms with Crippen LogP contribution < -0.4 is 5.32 Å². The predicted octanol–water partition coefficient (Wildman–Crippen LogP) is 0.704. The van der Waals surface area contributed by atoms with Crippen molar-refractivity contribution in [3.63, 3.8) is 0 Å². The number of aryl methyl sites for hydroxylation is 1. The molecule has 2 heterocycles. The van der Waals surface area contributed by atoms with Gasteiger partial charge in [0.2, 0.25) is 0 Å². The van der Waals surface area contributed by atoms with Crippen molar-refractivity contribution in [3.8, 4) is 0 Å². The number of hydrogen-bond acceptors (Lipinski definition) is 4. The molecule has 0 saturated carbocycles. The molecule has 1 aliphatic heterocycles. The number of ether oxygens (including phenoxy) is 2. The summed E-state index contributed by atoms with van der Waals surface area (Å²) in [6.07, 6.45) is 3.73. The normalized spacial score (nSPS) is 23.8. The third-order valence-corrected chi connectivity index (χ3v) is 2.88. The van der Waals surface area contributed by atoms with Gasteiger partial charge < -0.3 is 19.4 Å². The zero-order valence-electron chi connectivity index (χ0n) is 10.8. The van der Waals surface area contributed by atoms with Crippen LogP contribution in [0.15, 0.2) is 12.5 Å². The average Bonchev–Trinajstić information content (AvgIpc) is 2.63. The van der Waals surface area contributed by atoms with Gasteiger partial charge in [-0.2, -0.15) is 0 Å². The Hall–Kier alpha value is -0.910. The molecule has 1 aliphatic rings. The highest BCUT2D eigenvalue weighted by Gasteiger charge is 2.28. The Morgan fingerprint density at radius 3 is 3.12 bits per heavy atom. The summed E-state index contributed by atoms with van der Waals surface area (Å²) in [7, 11) is 1.97. The molecule has 0 radical (unpaired) electrons. The molecular weight excluding hydrogens is 218 g/mol. The minimum absolute atomic E-state index is 0.0984. The number of aromatic nitrogens is 2. The van der Waals surface area contributed by atoms with Crippen molar-refractivity contribution >= 4 is 0 Å². The van der Waals surface area contributed by atoms with Crippen molar-refractivity contribution in [1.29, 1.82) is 0 Å². The molecular formula is C12H21N3O2. The lowest BCUT2D eigenvalue weighted by atomic mass is 10.1. The van der Waals surface area contributed by atoms with E-state index in [1.807, 2.05) is 17.8 Å². The second kappa shape index (κ2) is 5.16. The third-order valence-electron chi connectivity index (χ3n) is 2.88. The minimum atomic E-state index is -0.0984. The highest BCUT2D eigenvalue weighted by atomic mass is 16.5. The number of nitrogens with one attached hydrogen (secondary N) is 1. The monoisotopic (exact) mass is 239 g/mol. The van der Waals surface area contributed by atoms with Crippen LogP contribution in [0.4, 0.5) is 0 Å². The van der Waals surface area contributed by atoms with E-state index in [1.54, 1.807) is 6.33 Å². The SMILES string of the molecule is Cn1cncc1COCC1CNCC(C)(C)O1. The zero-order chi connectivity index (χ0) is 12.3. The summed E-state index contributed by atoms with van der Waals surface area (Å²) in [5.74, 6) is 0. The fourth-order valence-electron chi connectivity index (χ4n) is 1.98. The van der Waals surface area contributed by atoms with Crippen LogP contribution in [0, 0.1) is 0 Å². The summed E-state index contributed by atoms with van der Waals surface area (Å²) in [5.41, 5.74) is 0.978. The molecule has 1 unspecified atom stereocenters. The number of hydrogen-bond donors (Lipinski definition) is 1. The number of nitrogens with zero attached hydrogens (tertiary/aromatic N) is 2. The molecule has 0 aliphatic carbocycles. The van der Waals surface area contributed by atoms with Crippen LogP contribution in [0.1, 0.15) is 19.5 Å². The quantitative estimate of drug-likeness (QED) is 0.840. The van der Waals surface area contributed by atoms with Crippen molar-refractivity contribution in [2.75, 3.05) is 19.7 Å². The van der Waals surface area contributed by atoms with Crippen LogP contribution in [0.25, 0.3) is 0 Å². The average molecular weight is 239 g/mol. The Labute approximate surface area is 102 Å². The molecule has 1 atom stereocenters. The van der Waals surface area contributed by atoms with Gasteiger partial charge in [-0.15, -0.1) is 0 Å². The predicted molar refractivity (Wildman–Crippen MR) is 64.7 cm³/mol. The van der Waals surface area contributed by atoms with Gasteiger partial charge >= 0.3 is 0 Å². The fraction of sp³-hybridized carbons (Fsp3) is 0.750. The lowest BCUT2D eigenvalue weighted by Crippen LogP contribution is -2.51. The molecule has 2 rings (SSSR count). The van der Waals surface area contributed by atoms with E-state index >= 15 is 0 Å². The van der Waals surface area contributed by atoms with Gasteiger partial charge in [0.05, 0.1) is 43.1 Å². The summed E-state index contributed by atoms with van der Waals surface area (Å²) in [6.45, 7) is 7.12. The molecule has 0 amide bonds. The minimum Gasteiger partial charge on any atom is -0.372 e. The molecule has 5 nitrogen and oxygen atoms in total. The van der Waals surface area contributed by atoms with E-state index in [1.165, 1.54) is 0 Å². The summed E-state index contributed by atoms with van der Waals surface area (Å²) in [5, 5.41) is 3.36. The van der Waals surface area contributed by atoms with Crippen LogP contribution in [0.3, 0.4) is 0 Å². The highest BCUT2D eigenvalue weighted by Crippen LogP contribution is 2.15. The molecule has 0 aromatic carbocycles. The smallest absolute Gasteiger partial charge is 0.0946 e. The van der Waals surface area contributed by atoms with Gasteiger partial charge in [0, 0.05) is 20.1 Å². The Balaban J connectivity index is 1.74. The van der Waals surface area contributed by atoms with E-state index in [0.29, 0.717) is 13.2 Å². The van der Waals surface area contributed by atoms with Gasteiger partial charge in [-0.05, 0) is 13.8 Å². The molecule has 1 fully saturated rings. The first-order valence-electron chi connectivity index (χ1n) is 5.98. The summed E-state index contributed by atoms with van der Waals surface area (Å²) >= 11 is 0. The van der Waals surface area contributed by atoms with Gasteiger partial charge in [0.1, 0.15) is 0 Å². The van der Waals surface area contributed by atoms with Crippen LogP contribution in [-0.2, 0) is 23.1 Å². The largest absolute Gasteiger partial charge is 0.372 e. The first-order chi connectivity index (χ1) is 8.07. The molecule has 0 bridgehead atoms. The van der Waals surface area contributed by atoms with E-state index in [-0.39, 0.29) is 11.7 Å². The molecule has 1 aromatic heterocycles. The van der Waals surface area contributed by atoms with Crippen molar-refractivity contribution < 1.29 is 9.47 Å². The second-order valence-electron chi connectivity index (χ2n) is 5.14. The standard InChI is InChI=1S/C12H21N3O2/c1-12(2)8-13-5-11(17-12)7-16-6-10-4-14-9-15(10)3/h4,9,11,13H,5-8H2,1-3H3. The van der Waals surface area contributed by atoms with E-state index in [2.05, 4.69) is 24.1 Å². The molecule has 17 heavy (non-hydrogen) atoms. The van der Waals surface area contributed by atoms with Crippen LogP contribution in [-0.4, -0.2) is 41.0 Å². The van der Waals surface area contributed by atoms with Crippen molar-refractivity contribution in [3.05, 3.63) is 18.2 Å². The van der Waals surface area contributed by atoms with Crippen molar-refractivity contribution in [1.82, 2.24) is 14.9 Å². The lowest BCUT2D eigenvalue weighted by Gasteiger charge is -2.36. The van der Waals surface area contributed by atoms with Gasteiger partial charge in [0.15, 0.2) is 0 Å². The van der Waals surface area contributed by atoms with Gasteiger partial charge in [-0.1, -0.05) is 0 Å². The highest BCUT2D eigenvalue weighted by molar-refractivity contribution is 4.95. The Morgan fingerprint density at radius 1 is 1.65 bits per heavy atom. The maximum absolute atomic E-state index is 5.91. The molecule has 1 saturated heterocycles. The lowest BCUT2D eigenvalue weighted by molar-refractivity contribution is -0.122. The maximum atomic E-state index is 5.91. The molecule has 5 heteroatoms. The molecule has 1 N–H and O–H groups in total. The van der Waals surface area contributed by atoms with Crippen molar-refractivity contribution in [2.45, 2.75) is 32.2 Å². The van der Waals surface area contributed by atoms with E-state index < -0.39 is 0 Å². The Morgan fingerprint density at radius 2 is 2.47 bits per heavy atom. The van der Waals surface area contributed by atoms with Crippen LogP contribution in [0.5, 0.6) is 0 Å². The topological polar surface area (TPSA) is 48.3 Å². The maximum Gasteiger partial charge on any atom is 0.0946 e. The van der Waals surface area contributed by atoms with E-state index in [4.69, 9.17) is 9.47 Å². The Kier molecular flexibility index (Phi) is 3.81. The van der Waals surface area contributed by atoms with E-state index in [0.717, 1.165) is 18.8 Å². The first-order valence-corrected chi connectivity index (χ1v) is 5.98. The Bertz CT molecular complexity index is 362. The van der Waals surface area contributed by atoms with Gasteiger partial charge in [-0.3, -0.25) is 0 Å². The molecule has 1 aromatic rings. The fourth-order valence-corrected chi connectivity index (χ4v) is 1.98. The number of rotatable bonds is 4. The van der Waals surface area contributed by atoms with Crippen molar-refractivity contribution in [2.24, 2.45) is 7.05 Å². The third kappa shape index (κ3) is 3.52. The van der Waals surface area contributed by atoms with Crippen LogP contribution in [0.2, 0.25) is 0 Å². The second-order valence-corrected chi connectivity index (χ2v) is 5.14. The molecule has 96 valence electrons. The first kappa shape index (κ1) is 12.5. The number of morpholine rings is 1. The zero-order valence-corrected chi connectivity index (χ0v) is 10.8. The van der Waals surface area contributed by atoms with Gasteiger partial charge in [-0.25, -0.2) is 4.98 Å². The summed E-state index contributed by atoms with van der Waals surface area (Å²) in [6, 6.07) is 0.